The van der Waals surface area contributed by atoms with E-state index >= 15 is 0 Å². The standard InChI is InChI=1S/C17H36O3Si/c1-17(2,3)21(4,5)20-14-16-9-7-15(8-10-16)13-19-12-6-11-18/h15-16,18H,6-14H2,1-5H3. The van der Waals surface area contributed by atoms with Crippen molar-refractivity contribution in [2.45, 2.75) is 71.0 Å². The van der Waals surface area contributed by atoms with Crippen LogP contribution in [0.2, 0.25) is 18.1 Å². The summed E-state index contributed by atoms with van der Waals surface area (Å²) in [7, 11) is -1.58. The minimum atomic E-state index is -1.58. The Labute approximate surface area is 132 Å². The molecule has 0 saturated heterocycles. The van der Waals surface area contributed by atoms with Crippen molar-refractivity contribution in [1.82, 2.24) is 0 Å². The van der Waals surface area contributed by atoms with Crippen LogP contribution in [0.5, 0.6) is 0 Å². The maximum atomic E-state index is 8.73. The van der Waals surface area contributed by atoms with Crippen LogP contribution in [0.4, 0.5) is 0 Å². The van der Waals surface area contributed by atoms with E-state index in [1.54, 1.807) is 0 Å². The van der Waals surface area contributed by atoms with Crippen LogP contribution in [0.1, 0.15) is 52.9 Å². The van der Waals surface area contributed by atoms with Crippen molar-refractivity contribution in [2.75, 3.05) is 26.4 Å². The zero-order valence-electron chi connectivity index (χ0n) is 14.8. The molecule has 126 valence electrons. The predicted molar refractivity (Wildman–Crippen MR) is 91.1 cm³/mol. The number of hydrogen-bond donors (Lipinski definition) is 1. The van der Waals surface area contributed by atoms with Crippen LogP contribution in [-0.2, 0) is 9.16 Å². The SMILES string of the molecule is CC(C)(C)[Si](C)(C)OCC1CCC(COCCCO)CC1. The number of ether oxygens (including phenoxy) is 1. The molecular formula is C17H36O3Si. The van der Waals surface area contributed by atoms with Crippen LogP contribution in [0.3, 0.4) is 0 Å². The summed E-state index contributed by atoms with van der Waals surface area (Å²) in [6.07, 6.45) is 5.86. The lowest BCUT2D eigenvalue weighted by molar-refractivity contribution is 0.0625. The molecule has 0 radical (unpaired) electrons. The summed E-state index contributed by atoms with van der Waals surface area (Å²) in [6.45, 7) is 14.4. The van der Waals surface area contributed by atoms with Crippen molar-refractivity contribution < 1.29 is 14.3 Å². The van der Waals surface area contributed by atoms with E-state index in [4.69, 9.17) is 14.3 Å². The van der Waals surface area contributed by atoms with Gasteiger partial charge >= 0.3 is 0 Å². The summed E-state index contributed by atoms with van der Waals surface area (Å²) in [5, 5.41) is 9.04. The van der Waals surface area contributed by atoms with Gasteiger partial charge in [-0.2, -0.15) is 0 Å². The molecule has 0 aromatic carbocycles. The minimum absolute atomic E-state index is 0.234. The first-order chi connectivity index (χ1) is 9.76. The average Bonchev–Trinajstić information content (AvgIpc) is 2.41. The molecule has 0 heterocycles. The minimum Gasteiger partial charge on any atom is -0.417 e. The molecule has 0 aliphatic heterocycles. The molecule has 1 fully saturated rings. The molecule has 1 rings (SSSR count). The van der Waals surface area contributed by atoms with Gasteiger partial charge in [-0.1, -0.05) is 20.8 Å². The van der Waals surface area contributed by atoms with E-state index in [2.05, 4.69) is 33.9 Å². The van der Waals surface area contributed by atoms with Crippen molar-refractivity contribution >= 4 is 8.32 Å². The molecule has 4 heteroatoms. The summed E-state index contributed by atoms with van der Waals surface area (Å²) >= 11 is 0. The Kier molecular flexibility index (Phi) is 7.89. The molecular weight excluding hydrogens is 280 g/mol. The van der Waals surface area contributed by atoms with E-state index in [9.17, 15) is 0 Å². The van der Waals surface area contributed by atoms with Crippen LogP contribution in [0, 0.1) is 11.8 Å². The predicted octanol–water partition coefficient (Wildman–Crippen LogP) is 4.21. The highest BCUT2D eigenvalue weighted by Crippen LogP contribution is 2.38. The summed E-state index contributed by atoms with van der Waals surface area (Å²) in [4.78, 5) is 0. The van der Waals surface area contributed by atoms with Gasteiger partial charge in [-0.15, -0.1) is 0 Å². The highest BCUT2D eigenvalue weighted by molar-refractivity contribution is 6.74. The Morgan fingerprint density at radius 1 is 1.00 bits per heavy atom. The maximum absolute atomic E-state index is 8.73. The third-order valence-electron chi connectivity index (χ3n) is 5.25. The Hall–Kier alpha value is 0.0969. The first kappa shape index (κ1) is 19.1. The molecule has 0 unspecified atom stereocenters. The van der Waals surface area contributed by atoms with Gasteiger partial charge in [0.2, 0.25) is 0 Å². The van der Waals surface area contributed by atoms with Crippen molar-refractivity contribution in [3.8, 4) is 0 Å². The van der Waals surface area contributed by atoms with Gasteiger partial charge in [0.25, 0.3) is 0 Å². The summed E-state index contributed by atoms with van der Waals surface area (Å²) < 4.78 is 12.0. The fraction of sp³-hybridized carbons (Fsp3) is 1.00. The zero-order chi connectivity index (χ0) is 15.9. The smallest absolute Gasteiger partial charge is 0.191 e. The lowest BCUT2D eigenvalue weighted by atomic mass is 9.83. The molecule has 0 aromatic heterocycles. The first-order valence-electron chi connectivity index (χ1n) is 8.59. The van der Waals surface area contributed by atoms with E-state index in [-0.39, 0.29) is 6.61 Å². The highest BCUT2D eigenvalue weighted by atomic mass is 28.4. The molecule has 1 N–H and O–H groups in total. The topological polar surface area (TPSA) is 38.7 Å². The van der Waals surface area contributed by atoms with E-state index in [0.717, 1.165) is 25.6 Å². The monoisotopic (exact) mass is 316 g/mol. The molecule has 1 saturated carbocycles. The Balaban J connectivity index is 2.19. The summed E-state index contributed by atoms with van der Waals surface area (Å²) in [6, 6.07) is 0. The van der Waals surface area contributed by atoms with Gasteiger partial charge in [0.05, 0.1) is 0 Å². The van der Waals surface area contributed by atoms with Gasteiger partial charge in [-0.05, 0) is 62.1 Å². The Bertz CT molecular complexity index is 278. The fourth-order valence-electron chi connectivity index (χ4n) is 2.52. The quantitative estimate of drug-likeness (QED) is 0.538. The van der Waals surface area contributed by atoms with Crippen molar-refractivity contribution in [3.05, 3.63) is 0 Å². The molecule has 1 aliphatic carbocycles. The number of rotatable bonds is 8. The van der Waals surface area contributed by atoms with Gasteiger partial charge in [-0.3, -0.25) is 0 Å². The summed E-state index contributed by atoms with van der Waals surface area (Å²) in [5.74, 6) is 1.46. The molecule has 0 bridgehead atoms. The second-order valence-electron chi connectivity index (χ2n) is 8.11. The lowest BCUT2D eigenvalue weighted by Gasteiger charge is -2.38. The second-order valence-corrected chi connectivity index (χ2v) is 12.9. The van der Waals surface area contributed by atoms with E-state index in [1.807, 2.05) is 0 Å². The molecule has 21 heavy (non-hydrogen) atoms. The van der Waals surface area contributed by atoms with Crippen molar-refractivity contribution in [3.63, 3.8) is 0 Å². The molecule has 0 spiro atoms. The molecule has 0 atom stereocenters. The van der Waals surface area contributed by atoms with Crippen LogP contribution < -0.4 is 0 Å². The Morgan fingerprint density at radius 2 is 1.52 bits per heavy atom. The lowest BCUT2D eigenvalue weighted by Crippen LogP contribution is -2.42. The number of aliphatic hydroxyl groups excluding tert-OH is 1. The van der Waals surface area contributed by atoms with E-state index in [0.29, 0.717) is 17.6 Å². The highest BCUT2D eigenvalue weighted by Gasteiger charge is 2.37. The molecule has 0 aromatic rings. The first-order valence-corrected chi connectivity index (χ1v) is 11.5. The van der Waals surface area contributed by atoms with Gasteiger partial charge < -0.3 is 14.3 Å². The average molecular weight is 317 g/mol. The third kappa shape index (κ3) is 6.81. The second kappa shape index (κ2) is 8.66. The number of aliphatic hydroxyl groups is 1. The Morgan fingerprint density at radius 3 is 2.00 bits per heavy atom. The molecule has 0 amide bonds. The normalized spacial score (nSPS) is 24.3. The third-order valence-corrected chi connectivity index (χ3v) is 9.75. The van der Waals surface area contributed by atoms with Gasteiger partial charge in [0, 0.05) is 26.4 Å². The maximum Gasteiger partial charge on any atom is 0.191 e. The van der Waals surface area contributed by atoms with Gasteiger partial charge in [0.15, 0.2) is 8.32 Å². The zero-order valence-corrected chi connectivity index (χ0v) is 15.8. The molecule has 3 nitrogen and oxygen atoms in total. The van der Waals surface area contributed by atoms with Gasteiger partial charge in [-0.25, -0.2) is 0 Å². The van der Waals surface area contributed by atoms with Crippen molar-refractivity contribution in [1.29, 1.82) is 0 Å². The summed E-state index contributed by atoms with van der Waals surface area (Å²) in [5.41, 5.74) is 0. The van der Waals surface area contributed by atoms with Gasteiger partial charge in [0.1, 0.15) is 0 Å². The number of hydrogen-bond acceptors (Lipinski definition) is 3. The van der Waals surface area contributed by atoms with Crippen LogP contribution >= 0.6 is 0 Å². The fourth-order valence-corrected chi connectivity index (χ4v) is 3.61. The van der Waals surface area contributed by atoms with Crippen LogP contribution in [-0.4, -0.2) is 39.9 Å². The largest absolute Gasteiger partial charge is 0.417 e. The van der Waals surface area contributed by atoms with Crippen LogP contribution in [0.25, 0.3) is 0 Å². The van der Waals surface area contributed by atoms with Crippen LogP contribution in [0.15, 0.2) is 0 Å². The molecule has 1 aliphatic rings. The van der Waals surface area contributed by atoms with E-state index < -0.39 is 8.32 Å². The van der Waals surface area contributed by atoms with Crippen molar-refractivity contribution in [2.24, 2.45) is 11.8 Å². The van der Waals surface area contributed by atoms with E-state index in [1.165, 1.54) is 25.7 Å².